The van der Waals surface area contributed by atoms with E-state index in [0.29, 0.717) is 0 Å². The van der Waals surface area contributed by atoms with Gasteiger partial charge in [0.05, 0.1) is 10.4 Å². The second-order valence-electron chi connectivity index (χ2n) is 17.9. The summed E-state index contributed by atoms with van der Waals surface area (Å²) in [5, 5.41) is 12.1. The molecule has 1 aliphatic heterocycles. The highest BCUT2D eigenvalue weighted by Crippen LogP contribution is 2.57. The molecule has 11 aromatic rings. The Morgan fingerprint density at radius 2 is 1.21 bits per heavy atom. The van der Waals surface area contributed by atoms with Crippen molar-refractivity contribution in [2.45, 2.75) is 31.6 Å². The summed E-state index contributed by atoms with van der Waals surface area (Å²) >= 11 is 3.83. The molecule has 0 spiro atoms. The molecule has 0 amide bonds. The Kier molecular flexibility index (Phi) is 6.92. The zero-order chi connectivity index (χ0) is 40.1. The van der Waals surface area contributed by atoms with Gasteiger partial charge < -0.3 is 5.32 Å². The summed E-state index contributed by atoms with van der Waals surface area (Å²) in [6.45, 7) is 4.97. The molecule has 0 saturated carbocycles. The molecule has 14 rings (SSSR count). The maximum absolute atomic E-state index is 4.14. The Hall–Kier alpha value is -6.46. The maximum atomic E-state index is 4.14. The Morgan fingerprint density at radius 1 is 0.525 bits per heavy atom. The molecule has 61 heavy (non-hydrogen) atoms. The highest BCUT2D eigenvalue weighted by atomic mass is 32.1. The first kappa shape index (κ1) is 34.3. The van der Waals surface area contributed by atoms with Crippen molar-refractivity contribution in [3.8, 4) is 33.4 Å². The van der Waals surface area contributed by atoms with Gasteiger partial charge in [0.2, 0.25) is 0 Å². The van der Waals surface area contributed by atoms with Crippen LogP contribution in [0.4, 0.5) is 11.4 Å². The molecule has 0 bridgehead atoms. The fraction of sp³-hybridized carbons (Fsp3) is 0.0877. The van der Waals surface area contributed by atoms with Gasteiger partial charge in [-0.1, -0.05) is 158 Å². The number of fused-ring (bicyclic) bond motifs is 16. The first-order valence-corrected chi connectivity index (χ1v) is 23.2. The van der Waals surface area contributed by atoms with Crippen molar-refractivity contribution in [1.82, 2.24) is 0 Å². The van der Waals surface area contributed by atoms with Crippen molar-refractivity contribution in [3.63, 3.8) is 0 Å². The molecular formula is C57H38BNS2. The van der Waals surface area contributed by atoms with Crippen LogP contribution in [0.2, 0.25) is 0 Å². The molecule has 1 unspecified atom stereocenters. The van der Waals surface area contributed by atoms with Crippen LogP contribution in [0.15, 0.2) is 164 Å². The molecule has 1 atom stereocenters. The van der Waals surface area contributed by atoms with Gasteiger partial charge in [0.25, 0.3) is 0 Å². The Morgan fingerprint density at radius 3 is 2.07 bits per heavy atom. The third kappa shape index (κ3) is 4.62. The largest absolute Gasteiger partial charge is 0.354 e. The van der Waals surface area contributed by atoms with Crippen molar-refractivity contribution in [2.75, 3.05) is 5.32 Å². The van der Waals surface area contributed by atoms with E-state index in [4.69, 9.17) is 0 Å². The molecule has 0 saturated heterocycles. The van der Waals surface area contributed by atoms with E-state index < -0.39 is 0 Å². The number of nitrogens with one attached hydrogen (secondary N) is 1. The average Bonchev–Trinajstić information content (AvgIpc) is 3.94. The van der Waals surface area contributed by atoms with Crippen molar-refractivity contribution in [2.24, 2.45) is 0 Å². The normalized spacial score (nSPS) is 15.4. The van der Waals surface area contributed by atoms with E-state index in [2.05, 4.69) is 183 Å². The molecule has 1 N–H and O–H groups in total. The molecule has 4 heteroatoms. The monoisotopic (exact) mass is 811 g/mol. The minimum atomic E-state index is -0.151. The Labute approximate surface area is 363 Å². The number of hydrogen-bond acceptors (Lipinski definition) is 3. The van der Waals surface area contributed by atoms with E-state index in [0.717, 1.165) is 25.1 Å². The standard InChI is InChI=1S/C57H38BNS2/c1-57(2)44-20-8-5-15-34(44)41-30-43(54-52(53(41)57)42-29-40-32-14-4-3-13-31(32)25-26-33(40)37-18-11-21-45(58-54)50(37)42)51-46(28-27-39-36-17-7-10-24-49(36)61-56(39)51)59-47-22-12-19-38-35-16-6-9-23-48(35)60-55(38)47/h3-28,30,42,58-59H,29H2,1-2H3. The Bertz CT molecular complexity index is 3730. The molecule has 286 valence electrons. The van der Waals surface area contributed by atoms with Crippen LogP contribution >= 0.6 is 22.7 Å². The third-order valence-electron chi connectivity index (χ3n) is 14.5. The predicted molar refractivity (Wildman–Crippen MR) is 266 cm³/mol. The van der Waals surface area contributed by atoms with Gasteiger partial charge in [-0.2, -0.15) is 0 Å². The van der Waals surface area contributed by atoms with Crippen LogP contribution in [-0.2, 0) is 11.8 Å². The van der Waals surface area contributed by atoms with E-state index in [-0.39, 0.29) is 11.3 Å². The summed E-state index contributed by atoms with van der Waals surface area (Å²) in [4.78, 5) is 0. The van der Waals surface area contributed by atoms with Gasteiger partial charge >= 0.3 is 0 Å². The fourth-order valence-electron chi connectivity index (χ4n) is 11.9. The summed E-state index contributed by atoms with van der Waals surface area (Å²) in [6, 6.07) is 62.1. The van der Waals surface area contributed by atoms with Crippen molar-refractivity contribution >= 4 is 103 Å². The second kappa shape index (κ2) is 12.3. The molecule has 2 aromatic heterocycles. The van der Waals surface area contributed by atoms with Crippen LogP contribution in [-0.4, -0.2) is 7.28 Å². The molecule has 2 aliphatic carbocycles. The topological polar surface area (TPSA) is 12.0 Å². The zero-order valence-corrected chi connectivity index (χ0v) is 35.5. The molecule has 1 nitrogen and oxygen atoms in total. The molecule has 9 aromatic carbocycles. The maximum Gasteiger partial charge on any atom is 0.193 e. The third-order valence-corrected chi connectivity index (χ3v) is 16.9. The minimum absolute atomic E-state index is 0.151. The first-order chi connectivity index (χ1) is 30.0. The van der Waals surface area contributed by atoms with Crippen molar-refractivity contribution in [1.29, 1.82) is 0 Å². The van der Waals surface area contributed by atoms with E-state index in [1.165, 1.54) is 112 Å². The summed E-state index contributed by atoms with van der Waals surface area (Å²) < 4.78 is 5.30. The van der Waals surface area contributed by atoms with E-state index in [9.17, 15) is 0 Å². The van der Waals surface area contributed by atoms with Crippen LogP contribution in [0.25, 0.3) is 84.5 Å². The van der Waals surface area contributed by atoms with E-state index in [1.54, 1.807) is 11.1 Å². The highest BCUT2D eigenvalue weighted by molar-refractivity contribution is 7.27. The van der Waals surface area contributed by atoms with Crippen LogP contribution in [0, 0.1) is 0 Å². The Balaban J connectivity index is 1.10. The lowest BCUT2D eigenvalue weighted by atomic mass is 9.49. The SMILES string of the molecule is CC1(C)c2ccccc2-c2cc(-c3c(Nc4cccc5c4sc4ccccc45)ccc4c3sc3ccccc34)c3c(c21)C1Cc2c(ccc4ccccc24)-c2cccc(c21)B3. The molecular weight excluding hydrogens is 774 g/mol. The summed E-state index contributed by atoms with van der Waals surface area (Å²) in [5.74, 6) is 0.237. The molecule has 0 fully saturated rings. The van der Waals surface area contributed by atoms with Crippen LogP contribution in [0.3, 0.4) is 0 Å². The summed E-state index contributed by atoms with van der Waals surface area (Å²) in [7, 11) is 0.902. The van der Waals surface area contributed by atoms with Crippen molar-refractivity contribution in [3.05, 3.63) is 192 Å². The van der Waals surface area contributed by atoms with Crippen LogP contribution < -0.4 is 16.2 Å². The number of anilines is 2. The van der Waals surface area contributed by atoms with Gasteiger partial charge in [0, 0.05) is 58.2 Å². The first-order valence-electron chi connectivity index (χ1n) is 21.6. The quantitative estimate of drug-likeness (QED) is 0.175. The van der Waals surface area contributed by atoms with Gasteiger partial charge in [-0.05, 0) is 103 Å². The van der Waals surface area contributed by atoms with Gasteiger partial charge in [0.1, 0.15) is 0 Å². The van der Waals surface area contributed by atoms with Gasteiger partial charge in [-0.15, -0.1) is 22.7 Å². The zero-order valence-electron chi connectivity index (χ0n) is 33.9. The van der Waals surface area contributed by atoms with Gasteiger partial charge in [-0.3, -0.25) is 0 Å². The predicted octanol–water partition coefficient (Wildman–Crippen LogP) is 14.3. The number of benzene rings is 9. The fourth-order valence-corrected chi connectivity index (χ4v) is 14.4. The number of hydrogen-bond donors (Lipinski definition) is 1. The number of thiophene rings is 2. The second-order valence-corrected chi connectivity index (χ2v) is 20.0. The van der Waals surface area contributed by atoms with Gasteiger partial charge in [0.15, 0.2) is 7.28 Å². The lowest BCUT2D eigenvalue weighted by molar-refractivity contribution is 0.641. The number of rotatable bonds is 3. The van der Waals surface area contributed by atoms with Crippen LogP contribution in [0.1, 0.15) is 47.6 Å². The van der Waals surface area contributed by atoms with Gasteiger partial charge in [-0.25, -0.2) is 0 Å². The minimum Gasteiger partial charge on any atom is -0.354 e. The average molecular weight is 812 g/mol. The van der Waals surface area contributed by atoms with E-state index in [1.807, 2.05) is 22.7 Å². The highest BCUT2D eigenvalue weighted by Gasteiger charge is 2.44. The van der Waals surface area contributed by atoms with E-state index >= 15 is 0 Å². The summed E-state index contributed by atoms with van der Waals surface area (Å²) in [6.07, 6.45) is 0.988. The smallest absolute Gasteiger partial charge is 0.193 e. The lowest BCUT2D eigenvalue weighted by Gasteiger charge is -2.40. The van der Waals surface area contributed by atoms with Crippen LogP contribution in [0.5, 0.6) is 0 Å². The lowest BCUT2D eigenvalue weighted by Crippen LogP contribution is -2.44. The van der Waals surface area contributed by atoms with Crippen molar-refractivity contribution < 1.29 is 0 Å². The molecule has 3 heterocycles. The molecule has 3 aliphatic rings. The summed E-state index contributed by atoms with van der Waals surface area (Å²) in [5.41, 5.74) is 20.9. The molecule has 0 radical (unpaired) electrons.